The molecule has 318 valence electrons. The first-order chi connectivity index (χ1) is 30.9. The molecule has 0 spiro atoms. The van der Waals surface area contributed by atoms with Gasteiger partial charge in [0.05, 0.1) is 0 Å². The third-order valence-electron chi connectivity index (χ3n) is 14.3. The Hall–Kier alpha value is -7.30. The first-order valence-electron chi connectivity index (χ1n) is 22.4. The van der Waals surface area contributed by atoms with E-state index in [1.165, 1.54) is 87.6 Å². The minimum absolute atomic E-state index is 0.238. The second-order valence-corrected chi connectivity index (χ2v) is 19.9. The third kappa shape index (κ3) is 6.11. The lowest BCUT2D eigenvalue weighted by Gasteiger charge is -2.27. The molecule has 0 saturated carbocycles. The van der Waals surface area contributed by atoms with Crippen molar-refractivity contribution in [2.45, 2.75) is 72.0 Å². The standard InChI is InChI=1S/C61H50O4/c1-33(2)57(62)64-60(7,8)43-27-39-13-11-35-15-21-45(49-25-19-41(29-43)53(39)55(35)49)37-17-23-47-48-24-18-38(32-52(48)59(5,6)51(47)31-37)46-22-16-36-12-14-40-28-44(61(9,10)65-58(63)34(3)4)30-42-20-26-50(46)56(36)54(40)42/h11-32H,1,3H2,2,4-10H3. The van der Waals surface area contributed by atoms with Crippen LogP contribution in [0.5, 0.6) is 0 Å². The number of ether oxygens (including phenoxy) is 2. The molecule has 10 aromatic rings. The fraction of sp³-hybridized carbons (Fsp3) is 0.180. The minimum atomic E-state index is -0.821. The van der Waals surface area contributed by atoms with Gasteiger partial charge in [-0.05, 0) is 198 Å². The molecule has 0 saturated heterocycles. The van der Waals surface area contributed by atoms with Crippen LogP contribution in [0.4, 0.5) is 0 Å². The predicted octanol–water partition coefficient (Wildman–Crippen LogP) is 15.8. The highest BCUT2D eigenvalue weighted by molar-refractivity contribution is 6.27. The van der Waals surface area contributed by atoms with Gasteiger partial charge in [0.15, 0.2) is 0 Å². The van der Waals surface area contributed by atoms with Crippen LogP contribution < -0.4 is 0 Å². The second-order valence-electron chi connectivity index (χ2n) is 19.9. The zero-order valence-electron chi connectivity index (χ0n) is 38.2. The lowest BCUT2D eigenvalue weighted by Crippen LogP contribution is -2.25. The van der Waals surface area contributed by atoms with E-state index in [1.807, 2.05) is 27.7 Å². The average molecular weight is 847 g/mol. The molecule has 10 aromatic carbocycles. The molecule has 11 rings (SSSR count). The molecule has 0 bridgehead atoms. The van der Waals surface area contributed by atoms with E-state index < -0.39 is 23.1 Å². The lowest BCUT2D eigenvalue weighted by molar-refractivity contribution is -0.153. The van der Waals surface area contributed by atoms with Crippen LogP contribution in [0.1, 0.15) is 77.6 Å². The molecule has 4 nitrogen and oxygen atoms in total. The molecule has 0 heterocycles. The largest absolute Gasteiger partial charge is 0.451 e. The van der Waals surface area contributed by atoms with Crippen LogP contribution in [-0.4, -0.2) is 11.9 Å². The maximum Gasteiger partial charge on any atom is 0.333 e. The Morgan fingerprint density at radius 2 is 0.754 bits per heavy atom. The highest BCUT2D eigenvalue weighted by atomic mass is 16.6. The summed E-state index contributed by atoms with van der Waals surface area (Å²) < 4.78 is 11.8. The molecular weight excluding hydrogens is 797 g/mol. The van der Waals surface area contributed by atoms with Gasteiger partial charge in [-0.15, -0.1) is 0 Å². The Balaban J connectivity index is 0.970. The fourth-order valence-electron chi connectivity index (χ4n) is 10.7. The zero-order chi connectivity index (χ0) is 45.5. The summed E-state index contributed by atoms with van der Waals surface area (Å²) in [7, 11) is 0. The molecule has 0 radical (unpaired) electrons. The predicted molar refractivity (Wildman–Crippen MR) is 270 cm³/mol. The SMILES string of the molecule is C=C(C)C(=O)OC(C)(C)c1cc2ccc3ccc(-c4ccc5c(c4)C(C)(C)c4cc(-c6ccc7ccc8cc(C(C)(C)OC(=O)C(=C)C)cc9ccc6c7c89)ccc4-5)c4ccc(c1)c2c34. The number of benzene rings is 10. The third-order valence-corrected chi connectivity index (χ3v) is 14.3. The Morgan fingerprint density at radius 1 is 0.431 bits per heavy atom. The summed E-state index contributed by atoms with van der Waals surface area (Å²) in [6, 6.07) is 49.5. The maximum absolute atomic E-state index is 12.6. The van der Waals surface area contributed by atoms with E-state index in [9.17, 15) is 9.59 Å². The number of hydrogen-bond donors (Lipinski definition) is 0. The zero-order valence-corrected chi connectivity index (χ0v) is 38.2. The first-order valence-corrected chi connectivity index (χ1v) is 22.4. The molecule has 65 heavy (non-hydrogen) atoms. The van der Waals surface area contributed by atoms with Crippen molar-refractivity contribution in [3.8, 4) is 33.4 Å². The van der Waals surface area contributed by atoms with Crippen molar-refractivity contribution in [3.05, 3.63) is 180 Å². The monoisotopic (exact) mass is 846 g/mol. The molecule has 0 atom stereocenters. The van der Waals surface area contributed by atoms with E-state index in [2.05, 4.69) is 160 Å². The Morgan fingerprint density at radius 3 is 1.12 bits per heavy atom. The molecule has 0 N–H and O–H groups in total. The van der Waals surface area contributed by atoms with Crippen molar-refractivity contribution in [1.29, 1.82) is 0 Å². The van der Waals surface area contributed by atoms with Gasteiger partial charge in [0.2, 0.25) is 0 Å². The van der Waals surface area contributed by atoms with Crippen molar-refractivity contribution in [3.63, 3.8) is 0 Å². The van der Waals surface area contributed by atoms with Gasteiger partial charge >= 0.3 is 11.9 Å². The Kier molecular flexibility index (Phi) is 8.62. The molecule has 0 unspecified atom stereocenters. The highest BCUT2D eigenvalue weighted by Gasteiger charge is 2.36. The number of carbonyl (C=O) groups is 2. The molecule has 0 aliphatic heterocycles. The normalized spacial score (nSPS) is 13.6. The van der Waals surface area contributed by atoms with Crippen LogP contribution in [-0.2, 0) is 35.7 Å². The summed E-state index contributed by atoms with van der Waals surface area (Å²) in [6.07, 6.45) is 0. The van der Waals surface area contributed by atoms with Gasteiger partial charge in [-0.25, -0.2) is 9.59 Å². The van der Waals surface area contributed by atoms with Gasteiger partial charge in [-0.1, -0.05) is 124 Å². The number of rotatable bonds is 8. The van der Waals surface area contributed by atoms with Crippen LogP contribution >= 0.6 is 0 Å². The van der Waals surface area contributed by atoms with Gasteiger partial charge in [0.1, 0.15) is 11.2 Å². The molecule has 0 fully saturated rings. The van der Waals surface area contributed by atoms with E-state index in [-0.39, 0.29) is 5.41 Å². The topological polar surface area (TPSA) is 52.6 Å². The number of fused-ring (bicyclic) bond motifs is 3. The maximum atomic E-state index is 12.6. The molecular formula is C61H50O4. The summed E-state index contributed by atoms with van der Waals surface area (Å²) in [5.41, 5.74) is 10.8. The van der Waals surface area contributed by atoms with Gasteiger partial charge in [0, 0.05) is 16.6 Å². The number of esters is 2. The summed E-state index contributed by atoms with van der Waals surface area (Å²) in [4.78, 5) is 25.1. The summed E-state index contributed by atoms with van der Waals surface area (Å²) in [5.74, 6) is -0.783. The van der Waals surface area contributed by atoms with Crippen LogP contribution in [0.25, 0.3) is 98.0 Å². The van der Waals surface area contributed by atoms with E-state index in [0.29, 0.717) is 11.1 Å². The summed E-state index contributed by atoms with van der Waals surface area (Å²) in [6.45, 7) is 23.4. The van der Waals surface area contributed by atoms with Crippen LogP contribution in [0.2, 0.25) is 0 Å². The number of hydrogen-bond acceptors (Lipinski definition) is 4. The lowest BCUT2D eigenvalue weighted by atomic mass is 9.80. The fourth-order valence-corrected chi connectivity index (χ4v) is 10.7. The van der Waals surface area contributed by atoms with E-state index in [0.717, 1.165) is 32.7 Å². The van der Waals surface area contributed by atoms with Crippen molar-refractivity contribution in [1.82, 2.24) is 0 Å². The molecule has 0 amide bonds. The van der Waals surface area contributed by atoms with Gasteiger partial charge in [-0.3, -0.25) is 0 Å². The van der Waals surface area contributed by atoms with E-state index >= 15 is 0 Å². The summed E-state index contributed by atoms with van der Waals surface area (Å²) in [5, 5.41) is 14.2. The molecule has 4 heteroatoms. The van der Waals surface area contributed by atoms with Crippen LogP contribution in [0, 0.1) is 0 Å². The van der Waals surface area contributed by atoms with Gasteiger partial charge in [-0.2, -0.15) is 0 Å². The van der Waals surface area contributed by atoms with Crippen LogP contribution in [0.3, 0.4) is 0 Å². The molecule has 1 aliphatic rings. The minimum Gasteiger partial charge on any atom is -0.451 e. The Bertz CT molecular complexity index is 3450. The second kappa shape index (κ2) is 13.8. The smallest absolute Gasteiger partial charge is 0.333 e. The molecule has 1 aliphatic carbocycles. The van der Waals surface area contributed by atoms with Crippen molar-refractivity contribution in [2.75, 3.05) is 0 Å². The van der Waals surface area contributed by atoms with E-state index in [1.54, 1.807) is 13.8 Å². The summed E-state index contributed by atoms with van der Waals surface area (Å²) >= 11 is 0. The quantitative estimate of drug-likeness (QED) is 0.0868. The van der Waals surface area contributed by atoms with Gasteiger partial charge in [0.25, 0.3) is 0 Å². The van der Waals surface area contributed by atoms with Crippen molar-refractivity contribution < 1.29 is 19.1 Å². The van der Waals surface area contributed by atoms with Crippen molar-refractivity contribution >= 4 is 76.6 Å². The average Bonchev–Trinajstić information content (AvgIpc) is 3.50. The number of carbonyl (C=O) groups excluding carboxylic acids is 2. The van der Waals surface area contributed by atoms with E-state index in [4.69, 9.17) is 9.47 Å². The van der Waals surface area contributed by atoms with Crippen molar-refractivity contribution in [2.24, 2.45) is 0 Å². The van der Waals surface area contributed by atoms with Gasteiger partial charge < -0.3 is 9.47 Å². The molecule has 0 aromatic heterocycles. The van der Waals surface area contributed by atoms with Crippen LogP contribution in [0.15, 0.2) is 158 Å². The first kappa shape index (κ1) is 40.5. The highest BCUT2D eigenvalue weighted by Crippen LogP contribution is 2.52. The Labute approximate surface area is 379 Å².